The Balaban J connectivity index is 2.71. The number of thiazole rings is 1. The Hall–Kier alpha value is -2.19. The average molecular weight is 404 g/mol. The minimum absolute atomic E-state index is 0.0280. The van der Waals surface area contributed by atoms with Gasteiger partial charge < -0.3 is 4.90 Å². The van der Waals surface area contributed by atoms with Crippen molar-refractivity contribution in [2.24, 2.45) is 0 Å². The summed E-state index contributed by atoms with van der Waals surface area (Å²) in [4.78, 5) is 13.9. The molecule has 1 aromatic heterocycles. The van der Waals surface area contributed by atoms with Crippen molar-refractivity contribution in [3.8, 4) is 12.1 Å². The molecule has 0 bridgehead atoms. The highest BCUT2D eigenvalue weighted by Gasteiger charge is 2.10. The van der Waals surface area contributed by atoms with Gasteiger partial charge in [-0.2, -0.15) is 10.5 Å². The van der Waals surface area contributed by atoms with Gasteiger partial charge in [-0.1, -0.05) is 28.1 Å². The summed E-state index contributed by atoms with van der Waals surface area (Å²) >= 11 is 4.59. The highest BCUT2D eigenvalue weighted by molar-refractivity contribution is 9.10. The molecule has 0 fully saturated rings. The first-order valence-corrected chi connectivity index (χ1v) is 8.87. The van der Waals surface area contributed by atoms with Crippen molar-refractivity contribution in [2.75, 3.05) is 20.6 Å². The summed E-state index contributed by atoms with van der Waals surface area (Å²) in [5, 5.41) is 18.3. The van der Waals surface area contributed by atoms with Crippen molar-refractivity contribution in [3.05, 3.63) is 53.9 Å². The number of likely N-dealkylation sites (N-methyl/N-ethyl adjacent to an activating group) is 1. The van der Waals surface area contributed by atoms with Crippen molar-refractivity contribution in [3.63, 3.8) is 0 Å². The molecule has 0 unspecified atom stereocenters. The lowest BCUT2D eigenvalue weighted by atomic mass is 10.2. The first-order chi connectivity index (χ1) is 11.5. The number of quaternary nitrogens is 1. The normalized spacial score (nSPS) is 11.3. The molecule has 1 heterocycles. The summed E-state index contributed by atoms with van der Waals surface area (Å²) in [6.07, 6.45) is 1.78. The van der Waals surface area contributed by atoms with E-state index in [0.29, 0.717) is 15.7 Å². The number of rotatable bonds is 4. The van der Waals surface area contributed by atoms with E-state index in [1.165, 1.54) is 20.8 Å². The summed E-state index contributed by atoms with van der Waals surface area (Å²) in [5.41, 5.74) is 0.689. The second-order valence-electron chi connectivity index (χ2n) is 5.48. The van der Waals surface area contributed by atoms with Crippen molar-refractivity contribution >= 4 is 38.9 Å². The molecule has 5 nitrogen and oxygen atoms in total. The Morgan fingerprint density at radius 1 is 1.38 bits per heavy atom. The smallest absolute Gasteiger partial charge is 0.269 e. The van der Waals surface area contributed by atoms with Gasteiger partial charge in [0, 0.05) is 4.47 Å². The molecule has 0 radical (unpaired) electrons. The van der Waals surface area contributed by atoms with Gasteiger partial charge in [0.05, 0.1) is 31.7 Å². The third kappa shape index (κ3) is 4.21. The van der Waals surface area contributed by atoms with Crippen LogP contribution in [0.4, 0.5) is 0 Å². The Labute approximate surface area is 152 Å². The monoisotopic (exact) mass is 403 g/mol. The molecule has 0 saturated heterocycles. The fraction of sp³-hybridized carbons (Fsp3) is 0.235. The Morgan fingerprint density at radius 2 is 2.08 bits per heavy atom. The van der Waals surface area contributed by atoms with E-state index in [0.717, 1.165) is 16.6 Å². The van der Waals surface area contributed by atoms with Crippen LogP contribution in [0.25, 0.3) is 11.6 Å². The highest BCUT2D eigenvalue weighted by atomic mass is 79.9. The van der Waals surface area contributed by atoms with Crippen LogP contribution in [-0.2, 0) is 6.54 Å². The summed E-state index contributed by atoms with van der Waals surface area (Å²) in [6, 6.07) is 11.4. The van der Waals surface area contributed by atoms with Crippen LogP contribution < -0.4 is 19.7 Å². The van der Waals surface area contributed by atoms with Gasteiger partial charge >= 0.3 is 0 Å². The summed E-state index contributed by atoms with van der Waals surface area (Å²) in [6.45, 7) is 1.19. The third-order valence-electron chi connectivity index (χ3n) is 3.33. The van der Waals surface area contributed by atoms with Crippen LogP contribution in [0, 0.1) is 22.7 Å². The molecule has 0 aliphatic carbocycles. The fourth-order valence-electron chi connectivity index (χ4n) is 2.11. The number of benzene rings is 1. The van der Waals surface area contributed by atoms with Gasteiger partial charge in [-0.05, 0) is 23.8 Å². The van der Waals surface area contributed by atoms with Gasteiger partial charge in [0.25, 0.3) is 5.56 Å². The maximum Gasteiger partial charge on any atom is 0.269 e. The molecule has 0 aliphatic rings. The number of hydrogen-bond acceptors (Lipinski definition) is 4. The highest BCUT2D eigenvalue weighted by Crippen LogP contribution is 2.11. The number of halogens is 1. The Kier molecular flexibility index (Phi) is 6.10. The number of aromatic nitrogens is 1. The first kappa shape index (κ1) is 18.2. The standard InChI is InChI=1S/C17H15BrN4OS/c1-21(2)6-7-22-16(23)15(24-17(22)13(10-19)11-20)9-12-4-3-5-14(18)8-12/h3-5,8-9H,6-7H2,1-2H3/p+1/b15-9+. The van der Waals surface area contributed by atoms with Gasteiger partial charge in [-0.25, -0.2) is 0 Å². The molecular formula is C17H16BrN4OS+. The molecule has 122 valence electrons. The molecule has 2 rings (SSSR count). The molecule has 0 saturated carbocycles. The maximum atomic E-state index is 12.7. The van der Waals surface area contributed by atoms with Gasteiger partial charge in [-0.15, -0.1) is 11.3 Å². The quantitative estimate of drug-likeness (QED) is 0.770. The number of hydrogen-bond donors (Lipinski definition) is 1. The van der Waals surface area contributed by atoms with Crippen LogP contribution in [0.3, 0.4) is 0 Å². The van der Waals surface area contributed by atoms with E-state index in [1.807, 2.05) is 50.5 Å². The molecule has 0 amide bonds. The average Bonchev–Trinajstić information content (AvgIpc) is 2.83. The van der Waals surface area contributed by atoms with Crippen LogP contribution in [0.15, 0.2) is 33.5 Å². The second-order valence-corrected chi connectivity index (χ2v) is 7.43. The predicted molar refractivity (Wildman–Crippen MR) is 97.8 cm³/mol. The lowest BCUT2D eigenvalue weighted by molar-refractivity contribution is -0.858. The van der Waals surface area contributed by atoms with E-state index in [1.54, 1.807) is 6.08 Å². The molecule has 24 heavy (non-hydrogen) atoms. The van der Waals surface area contributed by atoms with E-state index < -0.39 is 0 Å². The van der Waals surface area contributed by atoms with Crippen molar-refractivity contribution in [1.29, 1.82) is 10.5 Å². The lowest BCUT2D eigenvalue weighted by Gasteiger charge is -2.07. The number of nitriles is 2. The van der Waals surface area contributed by atoms with E-state index in [9.17, 15) is 4.79 Å². The van der Waals surface area contributed by atoms with Crippen molar-refractivity contribution < 1.29 is 4.90 Å². The molecule has 1 aromatic carbocycles. The molecule has 1 N–H and O–H groups in total. The summed E-state index contributed by atoms with van der Waals surface area (Å²) in [7, 11) is 3.98. The van der Waals surface area contributed by atoms with Crippen molar-refractivity contribution in [2.45, 2.75) is 6.54 Å². The predicted octanol–water partition coefficient (Wildman–Crippen LogP) is -0.157. The largest absolute Gasteiger partial charge is 0.338 e. The summed E-state index contributed by atoms with van der Waals surface area (Å²) < 4.78 is 3.39. The van der Waals surface area contributed by atoms with Gasteiger partial charge in [-0.3, -0.25) is 9.36 Å². The van der Waals surface area contributed by atoms with Crippen LogP contribution in [0.5, 0.6) is 0 Å². The molecule has 2 aromatic rings. The molecule has 0 spiro atoms. The maximum absolute atomic E-state index is 12.7. The van der Waals surface area contributed by atoms with E-state index in [2.05, 4.69) is 15.9 Å². The van der Waals surface area contributed by atoms with Crippen LogP contribution in [-0.4, -0.2) is 25.2 Å². The Morgan fingerprint density at radius 3 is 2.67 bits per heavy atom. The van der Waals surface area contributed by atoms with E-state index in [-0.39, 0.29) is 11.1 Å². The number of nitrogens with one attached hydrogen (secondary N) is 1. The van der Waals surface area contributed by atoms with E-state index >= 15 is 0 Å². The Bertz CT molecular complexity index is 989. The zero-order chi connectivity index (χ0) is 17.7. The molecule has 0 atom stereocenters. The SMILES string of the molecule is C[NH+](C)CCn1c(=C(C#N)C#N)s/c(=C/c2cccc(Br)c2)c1=O. The molecular weight excluding hydrogens is 388 g/mol. The topological polar surface area (TPSA) is 74.0 Å². The van der Waals surface area contributed by atoms with E-state index in [4.69, 9.17) is 10.5 Å². The zero-order valence-corrected chi connectivity index (χ0v) is 15.7. The van der Waals surface area contributed by atoms with Crippen LogP contribution in [0.1, 0.15) is 5.56 Å². The fourth-order valence-corrected chi connectivity index (χ4v) is 3.61. The zero-order valence-electron chi connectivity index (χ0n) is 13.3. The van der Waals surface area contributed by atoms with Crippen molar-refractivity contribution in [1.82, 2.24) is 4.57 Å². The van der Waals surface area contributed by atoms with Gasteiger partial charge in [0.15, 0.2) is 5.57 Å². The lowest BCUT2D eigenvalue weighted by Crippen LogP contribution is -3.06. The third-order valence-corrected chi connectivity index (χ3v) is 4.95. The van der Waals surface area contributed by atoms with Crippen LogP contribution in [0.2, 0.25) is 0 Å². The minimum Gasteiger partial charge on any atom is -0.338 e. The first-order valence-electron chi connectivity index (χ1n) is 7.26. The minimum atomic E-state index is -0.167. The second kappa shape index (κ2) is 8.07. The van der Waals surface area contributed by atoms with Gasteiger partial charge in [0.1, 0.15) is 16.8 Å². The van der Waals surface area contributed by atoms with Gasteiger partial charge in [0.2, 0.25) is 0 Å². The van der Waals surface area contributed by atoms with Crippen LogP contribution >= 0.6 is 27.3 Å². The molecule has 0 aliphatic heterocycles. The summed E-state index contributed by atoms with van der Waals surface area (Å²) in [5.74, 6) is 0. The number of nitrogens with zero attached hydrogens (tertiary/aromatic N) is 3. The molecule has 7 heteroatoms.